The standard InChI is InChI=1S/C11H12N4O5S/c1-19-11(16)6-20-9-2-4-10(5-3-9)21(17,18)14-15-7-12-13-8-15/h2-5,7-8,14H,6H2,1H3. The molecule has 0 aliphatic heterocycles. The highest BCUT2D eigenvalue weighted by molar-refractivity contribution is 7.92. The van der Waals surface area contributed by atoms with Gasteiger partial charge in [0, 0.05) is 0 Å². The van der Waals surface area contributed by atoms with Gasteiger partial charge in [-0.15, -0.1) is 10.2 Å². The molecule has 0 spiro atoms. The molecule has 2 rings (SSSR count). The number of hydrogen-bond acceptors (Lipinski definition) is 7. The van der Waals surface area contributed by atoms with Gasteiger partial charge in [0.15, 0.2) is 6.61 Å². The Labute approximate surface area is 120 Å². The van der Waals surface area contributed by atoms with Crippen LogP contribution >= 0.6 is 0 Å². The van der Waals surface area contributed by atoms with E-state index in [2.05, 4.69) is 19.8 Å². The zero-order valence-electron chi connectivity index (χ0n) is 11.0. The van der Waals surface area contributed by atoms with Crippen molar-refractivity contribution in [3.63, 3.8) is 0 Å². The highest BCUT2D eigenvalue weighted by atomic mass is 32.2. The second-order valence-corrected chi connectivity index (χ2v) is 5.46. The molecule has 0 aliphatic carbocycles. The highest BCUT2D eigenvalue weighted by Gasteiger charge is 2.14. The van der Waals surface area contributed by atoms with Gasteiger partial charge < -0.3 is 9.47 Å². The first-order valence-electron chi connectivity index (χ1n) is 5.68. The lowest BCUT2D eigenvalue weighted by molar-refractivity contribution is -0.142. The number of aromatic nitrogens is 3. The molecule has 1 aromatic carbocycles. The van der Waals surface area contributed by atoms with Crippen molar-refractivity contribution in [3.8, 4) is 5.75 Å². The van der Waals surface area contributed by atoms with Gasteiger partial charge in [0.1, 0.15) is 18.4 Å². The lowest BCUT2D eigenvalue weighted by Gasteiger charge is -2.09. The Hall–Kier alpha value is -2.62. The fourth-order valence-corrected chi connectivity index (χ4v) is 2.33. The van der Waals surface area contributed by atoms with Gasteiger partial charge in [-0.3, -0.25) is 0 Å². The average Bonchev–Trinajstić information content (AvgIpc) is 2.97. The molecule has 0 saturated carbocycles. The summed E-state index contributed by atoms with van der Waals surface area (Å²) in [5.41, 5.74) is 0. The summed E-state index contributed by atoms with van der Waals surface area (Å²) < 4.78 is 34.7. The first-order chi connectivity index (χ1) is 10.0. The number of rotatable bonds is 6. The normalized spacial score (nSPS) is 10.9. The molecule has 10 heteroatoms. The van der Waals surface area contributed by atoms with Crippen LogP contribution in [-0.2, 0) is 19.6 Å². The third kappa shape index (κ3) is 3.92. The molecule has 0 amide bonds. The number of sulfonamides is 1. The maximum absolute atomic E-state index is 12.0. The van der Waals surface area contributed by atoms with Crippen LogP contribution in [0.3, 0.4) is 0 Å². The van der Waals surface area contributed by atoms with Crippen molar-refractivity contribution in [2.45, 2.75) is 4.90 Å². The van der Waals surface area contributed by atoms with Gasteiger partial charge in [0.2, 0.25) is 0 Å². The van der Waals surface area contributed by atoms with Crippen LogP contribution < -0.4 is 9.57 Å². The molecule has 0 atom stereocenters. The van der Waals surface area contributed by atoms with Crippen molar-refractivity contribution < 1.29 is 22.7 Å². The number of nitrogens with zero attached hydrogens (tertiary/aromatic N) is 3. The van der Waals surface area contributed by atoms with Crippen molar-refractivity contribution in [2.75, 3.05) is 18.5 Å². The predicted molar refractivity (Wildman–Crippen MR) is 70.5 cm³/mol. The summed E-state index contributed by atoms with van der Waals surface area (Å²) in [6, 6.07) is 5.56. The van der Waals surface area contributed by atoms with Crippen LogP contribution in [-0.4, -0.2) is 43.0 Å². The first kappa shape index (κ1) is 14.8. The smallest absolute Gasteiger partial charge is 0.343 e. The number of hydrogen-bond donors (Lipinski definition) is 1. The molecule has 0 saturated heterocycles. The molecule has 1 N–H and O–H groups in total. The predicted octanol–water partition coefficient (Wildman–Crippen LogP) is -0.238. The first-order valence-corrected chi connectivity index (χ1v) is 7.17. The Morgan fingerprint density at radius 1 is 1.24 bits per heavy atom. The Balaban J connectivity index is 2.05. The molecule has 2 aromatic rings. The molecule has 0 radical (unpaired) electrons. The molecule has 21 heavy (non-hydrogen) atoms. The van der Waals surface area contributed by atoms with Crippen molar-refractivity contribution >= 4 is 16.0 Å². The van der Waals surface area contributed by atoms with Crippen molar-refractivity contribution in [3.05, 3.63) is 36.9 Å². The van der Waals surface area contributed by atoms with Gasteiger partial charge in [-0.2, -0.15) is 8.42 Å². The summed E-state index contributed by atoms with van der Waals surface area (Å²) in [5, 5.41) is 6.97. The largest absolute Gasteiger partial charge is 0.482 e. The van der Waals surface area contributed by atoms with Gasteiger partial charge in [-0.1, -0.05) is 0 Å². The van der Waals surface area contributed by atoms with Gasteiger partial charge >= 0.3 is 5.97 Å². The van der Waals surface area contributed by atoms with Gasteiger partial charge in [0.05, 0.1) is 12.0 Å². The van der Waals surface area contributed by atoms with Crippen molar-refractivity contribution in [1.29, 1.82) is 0 Å². The summed E-state index contributed by atoms with van der Waals surface area (Å²) in [6.45, 7) is -0.248. The second kappa shape index (κ2) is 6.22. The van der Waals surface area contributed by atoms with Gasteiger partial charge in [-0.25, -0.2) is 14.3 Å². The van der Waals surface area contributed by atoms with Crippen molar-refractivity contribution in [2.24, 2.45) is 0 Å². The third-order valence-corrected chi connectivity index (χ3v) is 3.71. The van der Waals surface area contributed by atoms with E-state index in [1.54, 1.807) is 0 Å². The lowest BCUT2D eigenvalue weighted by atomic mass is 10.3. The summed E-state index contributed by atoms with van der Waals surface area (Å²) in [4.78, 5) is 13.2. The molecular formula is C11H12N4O5S. The number of ether oxygens (including phenoxy) is 2. The maximum atomic E-state index is 12.0. The van der Waals surface area contributed by atoms with Crippen LogP contribution in [0.4, 0.5) is 0 Å². The van der Waals surface area contributed by atoms with E-state index in [9.17, 15) is 13.2 Å². The molecule has 0 bridgehead atoms. The van der Waals surface area contributed by atoms with Crippen LogP contribution in [0.1, 0.15) is 0 Å². The van der Waals surface area contributed by atoms with Crippen LogP contribution in [0.5, 0.6) is 5.75 Å². The molecule has 0 unspecified atom stereocenters. The second-order valence-electron chi connectivity index (χ2n) is 3.80. The van der Waals surface area contributed by atoms with E-state index in [4.69, 9.17) is 4.74 Å². The minimum atomic E-state index is -3.75. The third-order valence-electron chi connectivity index (χ3n) is 2.36. The van der Waals surface area contributed by atoms with Crippen molar-refractivity contribution in [1.82, 2.24) is 14.9 Å². The van der Waals surface area contributed by atoms with Gasteiger partial charge in [0.25, 0.3) is 10.0 Å². The number of benzene rings is 1. The Bertz CT molecular complexity index is 697. The number of carbonyl (C=O) groups is 1. The maximum Gasteiger partial charge on any atom is 0.343 e. The Kier molecular flexibility index (Phi) is 4.38. The summed E-state index contributed by atoms with van der Waals surface area (Å²) in [7, 11) is -2.50. The van der Waals surface area contributed by atoms with E-state index in [0.717, 1.165) is 4.68 Å². The summed E-state index contributed by atoms with van der Waals surface area (Å²) in [6.07, 6.45) is 2.43. The Morgan fingerprint density at radius 2 is 1.86 bits per heavy atom. The molecule has 0 fully saturated rings. The lowest BCUT2D eigenvalue weighted by Crippen LogP contribution is -2.22. The molecule has 9 nitrogen and oxygen atoms in total. The fraction of sp³-hybridized carbons (Fsp3) is 0.182. The number of nitrogens with one attached hydrogen (secondary N) is 1. The van der Waals surface area contributed by atoms with E-state index in [-0.39, 0.29) is 11.5 Å². The molecule has 112 valence electrons. The molecular weight excluding hydrogens is 300 g/mol. The number of methoxy groups -OCH3 is 1. The number of carbonyl (C=O) groups excluding carboxylic acids is 1. The SMILES string of the molecule is COC(=O)COc1ccc(S(=O)(=O)Nn2cnnc2)cc1. The van der Waals surface area contributed by atoms with Crippen LogP contribution in [0.2, 0.25) is 0 Å². The number of esters is 1. The zero-order valence-corrected chi connectivity index (χ0v) is 11.8. The Morgan fingerprint density at radius 3 is 2.43 bits per heavy atom. The van der Waals surface area contributed by atoms with Gasteiger partial charge in [-0.05, 0) is 24.3 Å². The van der Waals surface area contributed by atoms with E-state index in [1.807, 2.05) is 0 Å². The highest BCUT2D eigenvalue weighted by Crippen LogP contribution is 2.16. The van der Waals surface area contributed by atoms with Crippen LogP contribution in [0, 0.1) is 0 Å². The molecule has 1 heterocycles. The van der Waals surface area contributed by atoms with E-state index >= 15 is 0 Å². The van der Waals surface area contributed by atoms with Crippen LogP contribution in [0.15, 0.2) is 41.8 Å². The fourth-order valence-electron chi connectivity index (χ4n) is 1.36. The molecule has 1 aromatic heterocycles. The minimum absolute atomic E-state index is 0.0293. The van der Waals surface area contributed by atoms with Crippen LogP contribution in [0.25, 0.3) is 0 Å². The monoisotopic (exact) mass is 312 g/mol. The van der Waals surface area contributed by atoms with E-state index < -0.39 is 16.0 Å². The van der Waals surface area contributed by atoms with E-state index in [0.29, 0.717) is 5.75 Å². The minimum Gasteiger partial charge on any atom is -0.482 e. The summed E-state index contributed by atoms with van der Waals surface area (Å²) in [5.74, 6) is -0.176. The molecule has 0 aliphatic rings. The zero-order chi connectivity index (χ0) is 15.3. The topological polar surface area (TPSA) is 112 Å². The summed E-state index contributed by atoms with van der Waals surface area (Å²) >= 11 is 0. The van der Waals surface area contributed by atoms with E-state index in [1.165, 1.54) is 44.0 Å². The average molecular weight is 312 g/mol. The quantitative estimate of drug-likeness (QED) is 0.733.